The fourth-order valence-corrected chi connectivity index (χ4v) is 3.90. The fourth-order valence-electron chi connectivity index (χ4n) is 3.35. The van der Waals surface area contributed by atoms with E-state index in [4.69, 9.17) is 26.1 Å². The molecule has 1 aromatic carbocycles. The van der Waals surface area contributed by atoms with E-state index < -0.39 is 17.1 Å². The molecule has 0 saturated carbocycles. The Kier molecular flexibility index (Phi) is 7.86. The lowest BCUT2D eigenvalue weighted by atomic mass is 9.92. The summed E-state index contributed by atoms with van der Waals surface area (Å²) in [6, 6.07) is 6.96. The second-order valence-electron chi connectivity index (χ2n) is 9.46. The van der Waals surface area contributed by atoms with Gasteiger partial charge in [-0.1, -0.05) is 43.3 Å². The number of nitrogens with one attached hydrogen (secondary N) is 1. The van der Waals surface area contributed by atoms with Gasteiger partial charge in [0.1, 0.15) is 22.7 Å². The van der Waals surface area contributed by atoms with Crippen LogP contribution in [0.1, 0.15) is 40.4 Å². The van der Waals surface area contributed by atoms with Gasteiger partial charge >= 0.3 is 6.09 Å². The van der Waals surface area contributed by atoms with Gasteiger partial charge in [-0.15, -0.1) is 0 Å². The number of benzene rings is 1. The van der Waals surface area contributed by atoms with Crippen LogP contribution in [0.15, 0.2) is 35.6 Å². The summed E-state index contributed by atoms with van der Waals surface area (Å²) in [5.41, 5.74) is 0.631. The molecule has 0 aliphatic heterocycles. The van der Waals surface area contributed by atoms with Crippen LogP contribution in [0.4, 0.5) is 4.79 Å². The van der Waals surface area contributed by atoms with Crippen molar-refractivity contribution in [2.24, 2.45) is 0 Å². The highest BCUT2D eigenvalue weighted by Crippen LogP contribution is 2.38. The Hall–Kier alpha value is -2.98. The molecule has 2 N–H and O–H groups in total. The number of halogens is 1. The topological polar surface area (TPSA) is 111 Å². The molecule has 11 heteroatoms. The Bertz CT molecular complexity index is 1220. The van der Waals surface area contributed by atoms with Crippen molar-refractivity contribution >= 4 is 29.5 Å². The molecule has 1 amide bonds. The molecule has 3 aromatic rings. The largest absolute Gasteiger partial charge is 0.495 e. The number of carbonyl (C=O) groups is 1. The standard InChI is InChI=1S/C24H30ClN5O4S/c1-23(2,3)34-22(31)27-13-24(4,5)20-29-18(14-8-9-15(25)17(12-14)33-6)19(30(20)32)16-10-11-26-21(28-16)35-7/h8-12,32H,13H2,1-7H3,(H,27,31). The minimum Gasteiger partial charge on any atom is -0.495 e. The van der Waals surface area contributed by atoms with Crippen LogP contribution in [0.5, 0.6) is 5.75 Å². The first-order chi connectivity index (χ1) is 16.4. The molecule has 0 aliphatic carbocycles. The van der Waals surface area contributed by atoms with Gasteiger partial charge in [-0.05, 0) is 45.2 Å². The second-order valence-corrected chi connectivity index (χ2v) is 10.6. The minimum atomic E-state index is -0.773. The van der Waals surface area contributed by atoms with Crippen LogP contribution >= 0.6 is 23.4 Å². The molecule has 188 valence electrons. The van der Waals surface area contributed by atoms with Gasteiger partial charge in [0.2, 0.25) is 0 Å². The van der Waals surface area contributed by atoms with Crippen LogP contribution in [-0.4, -0.2) is 56.5 Å². The zero-order valence-electron chi connectivity index (χ0n) is 20.8. The molecule has 35 heavy (non-hydrogen) atoms. The molecule has 0 unspecified atom stereocenters. The van der Waals surface area contributed by atoms with E-state index in [0.717, 1.165) is 4.73 Å². The van der Waals surface area contributed by atoms with Crippen molar-refractivity contribution < 1.29 is 19.5 Å². The smallest absolute Gasteiger partial charge is 0.407 e. The number of amides is 1. The normalized spacial score (nSPS) is 11.9. The number of hydrogen-bond donors (Lipinski definition) is 2. The summed E-state index contributed by atoms with van der Waals surface area (Å²) in [4.78, 5) is 25.8. The number of nitrogens with zero attached hydrogens (tertiary/aromatic N) is 4. The molecule has 0 bridgehead atoms. The van der Waals surface area contributed by atoms with Crippen LogP contribution in [0.3, 0.4) is 0 Å². The third kappa shape index (κ3) is 6.18. The van der Waals surface area contributed by atoms with Gasteiger partial charge in [0.25, 0.3) is 0 Å². The number of aromatic nitrogens is 4. The average Bonchev–Trinajstić information content (AvgIpc) is 3.15. The Labute approximate surface area is 214 Å². The maximum atomic E-state index is 12.2. The minimum absolute atomic E-state index is 0.169. The Morgan fingerprint density at radius 2 is 1.91 bits per heavy atom. The first-order valence-corrected chi connectivity index (χ1v) is 12.5. The number of ether oxygens (including phenoxy) is 2. The van der Waals surface area contributed by atoms with Gasteiger partial charge in [-0.3, -0.25) is 0 Å². The molecule has 0 fully saturated rings. The van der Waals surface area contributed by atoms with Crippen molar-refractivity contribution in [3.63, 3.8) is 0 Å². The molecule has 0 spiro atoms. The van der Waals surface area contributed by atoms with Crippen molar-refractivity contribution in [2.75, 3.05) is 19.9 Å². The van der Waals surface area contributed by atoms with E-state index in [1.807, 2.05) is 20.1 Å². The summed E-state index contributed by atoms with van der Waals surface area (Å²) < 4.78 is 11.7. The van der Waals surface area contributed by atoms with E-state index in [0.29, 0.717) is 44.4 Å². The second kappa shape index (κ2) is 10.3. The number of hydrogen-bond acceptors (Lipinski definition) is 8. The van der Waals surface area contributed by atoms with E-state index in [1.54, 1.807) is 51.2 Å². The van der Waals surface area contributed by atoms with Crippen LogP contribution in [0.25, 0.3) is 22.6 Å². The predicted octanol–water partition coefficient (Wildman–Crippen LogP) is 5.43. The highest BCUT2D eigenvalue weighted by atomic mass is 35.5. The van der Waals surface area contributed by atoms with Crippen molar-refractivity contribution in [3.05, 3.63) is 41.3 Å². The summed E-state index contributed by atoms with van der Waals surface area (Å²) in [6.07, 6.45) is 2.95. The first kappa shape index (κ1) is 26.6. The maximum Gasteiger partial charge on any atom is 0.407 e. The lowest BCUT2D eigenvalue weighted by molar-refractivity contribution is 0.0513. The van der Waals surface area contributed by atoms with Gasteiger partial charge < -0.3 is 20.0 Å². The highest BCUT2D eigenvalue weighted by molar-refractivity contribution is 7.98. The van der Waals surface area contributed by atoms with E-state index in [9.17, 15) is 10.0 Å². The summed E-state index contributed by atoms with van der Waals surface area (Å²) >= 11 is 7.62. The average molecular weight is 520 g/mol. The number of thioether (sulfide) groups is 1. The molecule has 2 aromatic heterocycles. The van der Waals surface area contributed by atoms with Gasteiger partial charge in [0.15, 0.2) is 11.0 Å². The summed E-state index contributed by atoms with van der Waals surface area (Å²) in [5.74, 6) is 0.805. The predicted molar refractivity (Wildman–Crippen MR) is 136 cm³/mol. The van der Waals surface area contributed by atoms with E-state index in [-0.39, 0.29) is 6.54 Å². The van der Waals surface area contributed by atoms with Crippen molar-refractivity contribution in [2.45, 2.75) is 50.8 Å². The molecule has 0 aliphatic rings. The van der Waals surface area contributed by atoms with Gasteiger partial charge in [0.05, 0.1) is 17.8 Å². The van der Waals surface area contributed by atoms with Crippen LogP contribution in [-0.2, 0) is 10.2 Å². The summed E-state index contributed by atoms with van der Waals surface area (Å²) in [7, 11) is 1.53. The molecular weight excluding hydrogens is 490 g/mol. The van der Waals surface area contributed by atoms with Crippen molar-refractivity contribution in [1.29, 1.82) is 0 Å². The van der Waals surface area contributed by atoms with E-state index in [2.05, 4.69) is 15.3 Å². The number of rotatable bonds is 7. The van der Waals surface area contributed by atoms with E-state index >= 15 is 0 Å². The van der Waals surface area contributed by atoms with Gasteiger partial charge in [-0.25, -0.2) is 19.7 Å². The lowest BCUT2D eigenvalue weighted by Gasteiger charge is -2.25. The van der Waals surface area contributed by atoms with Crippen LogP contribution in [0.2, 0.25) is 5.02 Å². The van der Waals surface area contributed by atoms with Crippen molar-refractivity contribution in [1.82, 2.24) is 25.0 Å². The Morgan fingerprint density at radius 3 is 2.54 bits per heavy atom. The number of methoxy groups -OCH3 is 1. The SMILES string of the molecule is COc1cc(-c2nc(C(C)(C)CNC(=O)OC(C)(C)C)n(O)c2-c2ccnc(SC)n2)ccc1Cl. The Balaban J connectivity index is 2.11. The number of carbonyl (C=O) groups excluding carboxylic acids is 1. The molecule has 3 rings (SSSR count). The monoisotopic (exact) mass is 519 g/mol. The van der Waals surface area contributed by atoms with Crippen molar-refractivity contribution in [3.8, 4) is 28.4 Å². The zero-order chi connectivity index (χ0) is 26.0. The third-order valence-electron chi connectivity index (χ3n) is 5.02. The molecule has 9 nitrogen and oxygen atoms in total. The number of alkyl carbamates (subject to hydrolysis) is 1. The molecule has 0 radical (unpaired) electrons. The summed E-state index contributed by atoms with van der Waals surface area (Å²) in [6.45, 7) is 9.28. The molecular formula is C24H30ClN5O4S. The van der Waals surface area contributed by atoms with Gasteiger partial charge in [-0.2, -0.15) is 4.73 Å². The summed E-state index contributed by atoms with van der Waals surface area (Å²) in [5, 5.41) is 15.1. The molecule has 2 heterocycles. The lowest BCUT2D eigenvalue weighted by Crippen LogP contribution is -2.41. The fraction of sp³-hybridized carbons (Fsp3) is 0.417. The van der Waals surface area contributed by atoms with Gasteiger partial charge in [0, 0.05) is 23.7 Å². The Morgan fingerprint density at radius 1 is 1.20 bits per heavy atom. The molecule has 0 saturated heterocycles. The maximum absolute atomic E-state index is 12.2. The number of imidazole rings is 1. The van der Waals surface area contributed by atoms with Crippen LogP contribution in [0, 0.1) is 0 Å². The quantitative estimate of drug-likeness (QED) is 0.241. The highest BCUT2D eigenvalue weighted by Gasteiger charge is 2.33. The van der Waals surface area contributed by atoms with Crippen LogP contribution < -0.4 is 10.1 Å². The zero-order valence-corrected chi connectivity index (χ0v) is 22.4. The van der Waals surface area contributed by atoms with E-state index in [1.165, 1.54) is 18.9 Å². The first-order valence-electron chi connectivity index (χ1n) is 10.9. The third-order valence-corrected chi connectivity index (χ3v) is 5.89. The molecule has 0 atom stereocenters.